The van der Waals surface area contributed by atoms with Crippen LogP contribution >= 0.6 is 0 Å². The number of rotatable bonds is 6. The average Bonchev–Trinajstić information content (AvgIpc) is 3.23. The fourth-order valence-corrected chi connectivity index (χ4v) is 3.70. The maximum Gasteiger partial charge on any atom is 0.252 e. The molecule has 0 bridgehead atoms. The number of aromatic nitrogens is 3. The van der Waals surface area contributed by atoms with E-state index in [0.717, 1.165) is 61.6 Å². The van der Waals surface area contributed by atoms with Gasteiger partial charge in [-0.15, -0.1) is 0 Å². The van der Waals surface area contributed by atoms with Gasteiger partial charge in [0, 0.05) is 49.4 Å². The van der Waals surface area contributed by atoms with Gasteiger partial charge in [0.2, 0.25) is 0 Å². The van der Waals surface area contributed by atoms with E-state index < -0.39 is 0 Å². The standard InChI is InChI=1S/C22H27N5O2/c1-3-27-15-17(13-23-27)21-12-19(18-6-4-5-7-20(18)25-21)22(28)24-16(2)14-26-8-10-29-11-9-26/h4-7,12-13,15-16H,3,8-11,14H2,1-2H3,(H,24,28)/t16-/m0/s1. The molecule has 7 heteroatoms. The maximum atomic E-state index is 13.2. The van der Waals surface area contributed by atoms with Crippen molar-refractivity contribution in [1.82, 2.24) is 25.0 Å². The summed E-state index contributed by atoms with van der Waals surface area (Å²) in [5.41, 5.74) is 3.12. The molecule has 4 rings (SSSR count). The van der Waals surface area contributed by atoms with Crippen molar-refractivity contribution in [3.05, 3.63) is 48.3 Å². The SMILES string of the molecule is CCn1cc(-c2cc(C(=O)N[C@@H](C)CN3CCOCC3)c3ccccc3n2)cn1. The van der Waals surface area contributed by atoms with Gasteiger partial charge in [-0.3, -0.25) is 14.4 Å². The third-order valence-corrected chi connectivity index (χ3v) is 5.23. The van der Waals surface area contributed by atoms with E-state index >= 15 is 0 Å². The second-order valence-electron chi connectivity index (χ2n) is 7.44. The first-order chi connectivity index (χ1) is 14.1. The van der Waals surface area contributed by atoms with Crippen LogP contribution in [0.25, 0.3) is 22.2 Å². The first-order valence-corrected chi connectivity index (χ1v) is 10.2. The molecule has 1 atom stereocenters. The molecule has 0 aliphatic carbocycles. The molecule has 152 valence electrons. The van der Waals surface area contributed by atoms with Crippen molar-refractivity contribution in [3.8, 4) is 11.3 Å². The van der Waals surface area contributed by atoms with Gasteiger partial charge < -0.3 is 10.1 Å². The summed E-state index contributed by atoms with van der Waals surface area (Å²) < 4.78 is 7.26. The zero-order chi connectivity index (χ0) is 20.2. The summed E-state index contributed by atoms with van der Waals surface area (Å²) in [5, 5.41) is 8.36. The molecule has 1 aliphatic rings. The Hall–Kier alpha value is -2.77. The third-order valence-electron chi connectivity index (χ3n) is 5.23. The van der Waals surface area contributed by atoms with Crippen LogP contribution in [0.15, 0.2) is 42.7 Å². The number of hydrogen-bond acceptors (Lipinski definition) is 5. The molecule has 3 heterocycles. The van der Waals surface area contributed by atoms with E-state index in [4.69, 9.17) is 9.72 Å². The topological polar surface area (TPSA) is 72.3 Å². The number of amides is 1. The summed E-state index contributed by atoms with van der Waals surface area (Å²) in [7, 11) is 0. The molecule has 3 aromatic rings. The quantitative estimate of drug-likeness (QED) is 0.697. The minimum Gasteiger partial charge on any atom is -0.379 e. The van der Waals surface area contributed by atoms with Gasteiger partial charge in [0.05, 0.1) is 36.2 Å². The number of carbonyl (C=O) groups excluding carboxylic acids is 1. The Balaban J connectivity index is 1.60. The van der Waals surface area contributed by atoms with E-state index in [9.17, 15) is 4.79 Å². The van der Waals surface area contributed by atoms with Crippen LogP contribution in [0.1, 0.15) is 24.2 Å². The molecule has 2 aromatic heterocycles. The normalized spacial score (nSPS) is 16.1. The molecule has 1 saturated heterocycles. The predicted octanol–water partition coefficient (Wildman–Crippen LogP) is 2.57. The highest BCUT2D eigenvalue weighted by atomic mass is 16.5. The molecule has 1 fully saturated rings. The highest BCUT2D eigenvalue weighted by Gasteiger charge is 2.19. The van der Waals surface area contributed by atoms with Gasteiger partial charge in [0.25, 0.3) is 5.91 Å². The van der Waals surface area contributed by atoms with Gasteiger partial charge in [-0.2, -0.15) is 5.10 Å². The summed E-state index contributed by atoms with van der Waals surface area (Å²) in [5.74, 6) is -0.0755. The number of para-hydroxylation sites is 1. The number of pyridine rings is 1. The lowest BCUT2D eigenvalue weighted by molar-refractivity contribution is 0.0342. The Bertz CT molecular complexity index is 994. The first kappa shape index (κ1) is 19.5. The molecule has 1 amide bonds. The Morgan fingerprint density at radius 2 is 2.07 bits per heavy atom. The number of nitrogens with one attached hydrogen (secondary N) is 1. The molecular weight excluding hydrogens is 366 g/mol. The largest absolute Gasteiger partial charge is 0.379 e. The molecule has 1 N–H and O–H groups in total. The number of benzene rings is 1. The average molecular weight is 393 g/mol. The Morgan fingerprint density at radius 1 is 1.28 bits per heavy atom. The van der Waals surface area contributed by atoms with Gasteiger partial charge in [0.15, 0.2) is 0 Å². The van der Waals surface area contributed by atoms with Crippen LogP contribution in [0.3, 0.4) is 0 Å². The van der Waals surface area contributed by atoms with Crippen LogP contribution in [-0.4, -0.2) is 64.5 Å². The van der Waals surface area contributed by atoms with E-state index in [2.05, 4.69) is 15.3 Å². The molecular formula is C22H27N5O2. The van der Waals surface area contributed by atoms with E-state index in [1.807, 2.05) is 55.1 Å². The lowest BCUT2D eigenvalue weighted by atomic mass is 10.0. The lowest BCUT2D eigenvalue weighted by Gasteiger charge is -2.29. The van der Waals surface area contributed by atoms with Crippen LogP contribution in [0, 0.1) is 0 Å². The van der Waals surface area contributed by atoms with E-state index in [0.29, 0.717) is 5.56 Å². The molecule has 0 radical (unpaired) electrons. The Morgan fingerprint density at radius 3 is 2.83 bits per heavy atom. The minimum atomic E-state index is -0.0755. The van der Waals surface area contributed by atoms with Gasteiger partial charge >= 0.3 is 0 Å². The predicted molar refractivity (Wildman–Crippen MR) is 113 cm³/mol. The monoisotopic (exact) mass is 393 g/mol. The van der Waals surface area contributed by atoms with E-state index in [1.165, 1.54) is 0 Å². The van der Waals surface area contributed by atoms with Crippen molar-refractivity contribution in [1.29, 1.82) is 0 Å². The molecule has 1 aromatic carbocycles. The fourth-order valence-electron chi connectivity index (χ4n) is 3.70. The van der Waals surface area contributed by atoms with Crippen LogP contribution < -0.4 is 5.32 Å². The van der Waals surface area contributed by atoms with Crippen molar-refractivity contribution in [3.63, 3.8) is 0 Å². The fraction of sp³-hybridized carbons (Fsp3) is 0.409. The van der Waals surface area contributed by atoms with Crippen LogP contribution in [0.5, 0.6) is 0 Å². The number of aryl methyl sites for hydroxylation is 1. The highest BCUT2D eigenvalue weighted by molar-refractivity contribution is 6.07. The van der Waals surface area contributed by atoms with Gasteiger partial charge in [-0.1, -0.05) is 18.2 Å². The smallest absolute Gasteiger partial charge is 0.252 e. The molecule has 0 unspecified atom stereocenters. The number of ether oxygens (including phenoxy) is 1. The molecule has 7 nitrogen and oxygen atoms in total. The number of hydrogen-bond donors (Lipinski definition) is 1. The number of nitrogens with zero attached hydrogens (tertiary/aromatic N) is 4. The summed E-state index contributed by atoms with van der Waals surface area (Å²) in [6.45, 7) is 9.01. The van der Waals surface area contributed by atoms with E-state index in [-0.39, 0.29) is 11.9 Å². The maximum absolute atomic E-state index is 13.2. The third kappa shape index (κ3) is 4.46. The number of morpholine rings is 1. The second-order valence-corrected chi connectivity index (χ2v) is 7.44. The lowest BCUT2D eigenvalue weighted by Crippen LogP contribution is -2.46. The summed E-state index contributed by atoms with van der Waals surface area (Å²) in [6.07, 6.45) is 3.75. The Labute approximate surface area is 170 Å². The van der Waals surface area contributed by atoms with Crippen molar-refractivity contribution in [2.24, 2.45) is 0 Å². The zero-order valence-corrected chi connectivity index (χ0v) is 17.0. The summed E-state index contributed by atoms with van der Waals surface area (Å²) >= 11 is 0. The second kappa shape index (κ2) is 8.71. The van der Waals surface area contributed by atoms with Gasteiger partial charge in [0.1, 0.15) is 0 Å². The zero-order valence-electron chi connectivity index (χ0n) is 17.0. The Kier molecular flexibility index (Phi) is 5.87. The van der Waals surface area contributed by atoms with E-state index in [1.54, 1.807) is 6.20 Å². The van der Waals surface area contributed by atoms with Gasteiger partial charge in [-0.25, -0.2) is 4.98 Å². The number of carbonyl (C=O) groups is 1. The minimum absolute atomic E-state index is 0.0406. The summed E-state index contributed by atoms with van der Waals surface area (Å²) in [6, 6.07) is 9.68. The molecule has 29 heavy (non-hydrogen) atoms. The first-order valence-electron chi connectivity index (χ1n) is 10.2. The number of fused-ring (bicyclic) bond motifs is 1. The molecule has 0 spiro atoms. The molecule has 1 aliphatic heterocycles. The van der Waals surface area contributed by atoms with Crippen LogP contribution in [0.4, 0.5) is 0 Å². The van der Waals surface area contributed by atoms with Crippen molar-refractivity contribution < 1.29 is 9.53 Å². The van der Waals surface area contributed by atoms with Crippen LogP contribution in [0.2, 0.25) is 0 Å². The van der Waals surface area contributed by atoms with Crippen molar-refractivity contribution in [2.45, 2.75) is 26.4 Å². The van der Waals surface area contributed by atoms with Crippen molar-refractivity contribution in [2.75, 3.05) is 32.8 Å². The van der Waals surface area contributed by atoms with Crippen LogP contribution in [-0.2, 0) is 11.3 Å². The summed E-state index contributed by atoms with van der Waals surface area (Å²) in [4.78, 5) is 20.2. The van der Waals surface area contributed by atoms with Gasteiger partial charge in [-0.05, 0) is 26.0 Å². The molecule has 0 saturated carbocycles. The van der Waals surface area contributed by atoms with Crippen molar-refractivity contribution >= 4 is 16.8 Å². The highest BCUT2D eigenvalue weighted by Crippen LogP contribution is 2.24.